The maximum Gasteiger partial charge on any atom is 0.245 e. The molecule has 0 saturated carbocycles. The predicted molar refractivity (Wildman–Crippen MR) is 92.1 cm³/mol. The quantitative estimate of drug-likeness (QED) is 0.745. The second-order valence-corrected chi connectivity index (χ2v) is 6.88. The Hall–Kier alpha value is -0.810. The van der Waals surface area contributed by atoms with E-state index < -0.39 is 6.04 Å². The first-order valence-corrected chi connectivity index (χ1v) is 8.07. The van der Waals surface area contributed by atoms with Crippen LogP contribution in [-0.2, 0) is 9.59 Å². The summed E-state index contributed by atoms with van der Waals surface area (Å²) < 4.78 is 0. The van der Waals surface area contributed by atoms with E-state index in [1.165, 1.54) is 0 Å². The Morgan fingerprint density at radius 3 is 2.36 bits per heavy atom. The van der Waals surface area contributed by atoms with Crippen molar-refractivity contribution in [2.45, 2.75) is 46.6 Å². The molecule has 0 aromatic heterocycles. The molecule has 22 heavy (non-hydrogen) atoms. The first kappa shape index (κ1) is 21.2. The maximum atomic E-state index is 12.6. The van der Waals surface area contributed by atoms with Crippen LogP contribution in [0.3, 0.4) is 0 Å². The molecular formula is C16H32ClN3O2. The Morgan fingerprint density at radius 1 is 1.23 bits per heavy atom. The maximum absolute atomic E-state index is 12.6. The highest BCUT2D eigenvalue weighted by molar-refractivity contribution is 5.88. The van der Waals surface area contributed by atoms with Crippen molar-refractivity contribution >= 4 is 24.2 Å². The highest BCUT2D eigenvalue weighted by Crippen LogP contribution is 2.18. The largest absolute Gasteiger partial charge is 0.344 e. The van der Waals surface area contributed by atoms with Crippen LogP contribution in [0.15, 0.2) is 0 Å². The number of rotatable bonds is 7. The molecule has 0 aromatic carbocycles. The van der Waals surface area contributed by atoms with Gasteiger partial charge >= 0.3 is 0 Å². The molecule has 1 aliphatic rings. The highest BCUT2D eigenvalue weighted by atomic mass is 35.5. The van der Waals surface area contributed by atoms with Crippen LogP contribution in [0.25, 0.3) is 0 Å². The number of amides is 2. The van der Waals surface area contributed by atoms with Gasteiger partial charge in [0.1, 0.15) is 6.04 Å². The first-order chi connectivity index (χ1) is 9.85. The van der Waals surface area contributed by atoms with E-state index in [0.717, 1.165) is 26.1 Å². The Morgan fingerprint density at radius 2 is 1.86 bits per heavy atom. The third kappa shape index (κ3) is 6.53. The fourth-order valence-electron chi connectivity index (χ4n) is 2.80. The minimum atomic E-state index is -0.399. The fraction of sp³-hybridized carbons (Fsp3) is 0.875. The molecule has 0 radical (unpaired) electrons. The Bertz CT molecular complexity index is 361. The molecule has 0 aromatic rings. The van der Waals surface area contributed by atoms with Crippen LogP contribution in [0.4, 0.5) is 0 Å². The zero-order valence-electron chi connectivity index (χ0n) is 14.5. The van der Waals surface area contributed by atoms with E-state index in [2.05, 4.69) is 10.6 Å². The Kier molecular flexibility index (Phi) is 9.69. The van der Waals surface area contributed by atoms with Gasteiger partial charge in [0, 0.05) is 19.5 Å². The second kappa shape index (κ2) is 10.1. The standard InChI is InChI=1S/C16H31N3O2.ClH/c1-11(2)8-14(20)18-15(12(3)4)16(21)19-7-6-13(10-19)9-17-5;/h11-13,15,17H,6-10H2,1-5H3,(H,18,20);1H. The minimum Gasteiger partial charge on any atom is -0.344 e. The van der Waals surface area contributed by atoms with Gasteiger partial charge in [-0.1, -0.05) is 27.7 Å². The molecular weight excluding hydrogens is 302 g/mol. The molecule has 0 bridgehead atoms. The van der Waals surface area contributed by atoms with E-state index in [-0.39, 0.29) is 30.1 Å². The van der Waals surface area contributed by atoms with Gasteiger partial charge in [-0.3, -0.25) is 9.59 Å². The molecule has 5 nitrogen and oxygen atoms in total. The number of nitrogens with zero attached hydrogens (tertiary/aromatic N) is 1. The molecule has 2 unspecified atom stereocenters. The van der Waals surface area contributed by atoms with Crippen LogP contribution in [-0.4, -0.2) is 49.4 Å². The van der Waals surface area contributed by atoms with E-state index in [0.29, 0.717) is 18.3 Å². The molecule has 2 atom stereocenters. The summed E-state index contributed by atoms with van der Waals surface area (Å²) in [7, 11) is 1.94. The lowest BCUT2D eigenvalue weighted by Crippen LogP contribution is -2.51. The topological polar surface area (TPSA) is 61.4 Å². The average Bonchev–Trinajstić information content (AvgIpc) is 2.83. The molecule has 1 aliphatic heterocycles. The van der Waals surface area contributed by atoms with E-state index in [1.54, 1.807) is 0 Å². The van der Waals surface area contributed by atoms with E-state index >= 15 is 0 Å². The highest BCUT2D eigenvalue weighted by Gasteiger charge is 2.32. The Labute approximate surface area is 141 Å². The Balaban J connectivity index is 0.00000441. The van der Waals surface area contributed by atoms with Gasteiger partial charge in [0.2, 0.25) is 11.8 Å². The van der Waals surface area contributed by atoms with Gasteiger partial charge in [-0.2, -0.15) is 0 Å². The first-order valence-electron chi connectivity index (χ1n) is 8.07. The van der Waals surface area contributed by atoms with Crippen LogP contribution in [0.1, 0.15) is 40.5 Å². The van der Waals surface area contributed by atoms with Crippen LogP contribution in [0.2, 0.25) is 0 Å². The van der Waals surface area contributed by atoms with E-state index in [1.807, 2.05) is 39.6 Å². The lowest BCUT2D eigenvalue weighted by molar-refractivity contribution is -0.137. The van der Waals surface area contributed by atoms with Gasteiger partial charge in [0.25, 0.3) is 0 Å². The van der Waals surface area contributed by atoms with Crippen molar-refractivity contribution < 1.29 is 9.59 Å². The van der Waals surface area contributed by atoms with Crippen LogP contribution in [0, 0.1) is 17.8 Å². The molecule has 130 valence electrons. The van der Waals surface area contributed by atoms with Crippen molar-refractivity contribution in [2.24, 2.45) is 17.8 Å². The summed E-state index contributed by atoms with van der Waals surface area (Å²) in [5.41, 5.74) is 0. The summed E-state index contributed by atoms with van der Waals surface area (Å²) in [6.45, 7) is 10.5. The second-order valence-electron chi connectivity index (χ2n) is 6.88. The lowest BCUT2D eigenvalue weighted by atomic mass is 10.0. The number of hydrogen-bond acceptors (Lipinski definition) is 3. The number of likely N-dealkylation sites (tertiary alicyclic amines) is 1. The third-order valence-corrected chi connectivity index (χ3v) is 3.93. The number of carbonyl (C=O) groups is 2. The molecule has 1 rings (SSSR count). The van der Waals surface area contributed by atoms with Gasteiger partial charge in [-0.05, 0) is 37.8 Å². The molecule has 1 heterocycles. The lowest BCUT2D eigenvalue weighted by Gasteiger charge is -2.27. The van der Waals surface area contributed by atoms with E-state index in [4.69, 9.17) is 0 Å². The third-order valence-electron chi connectivity index (χ3n) is 3.93. The van der Waals surface area contributed by atoms with Crippen molar-refractivity contribution in [1.82, 2.24) is 15.5 Å². The van der Waals surface area contributed by atoms with Crippen LogP contribution in [0.5, 0.6) is 0 Å². The fourth-order valence-corrected chi connectivity index (χ4v) is 2.80. The van der Waals surface area contributed by atoms with Crippen molar-refractivity contribution in [1.29, 1.82) is 0 Å². The summed E-state index contributed by atoms with van der Waals surface area (Å²) in [5, 5.41) is 6.09. The average molecular weight is 334 g/mol. The van der Waals surface area contributed by atoms with Gasteiger partial charge in [0.15, 0.2) is 0 Å². The smallest absolute Gasteiger partial charge is 0.245 e. The zero-order chi connectivity index (χ0) is 16.0. The monoisotopic (exact) mass is 333 g/mol. The van der Waals surface area contributed by atoms with E-state index in [9.17, 15) is 9.59 Å². The molecule has 6 heteroatoms. The summed E-state index contributed by atoms with van der Waals surface area (Å²) in [6.07, 6.45) is 1.51. The molecule has 2 N–H and O–H groups in total. The molecule has 0 aliphatic carbocycles. The number of nitrogens with one attached hydrogen (secondary N) is 2. The molecule has 1 saturated heterocycles. The van der Waals surface area contributed by atoms with Crippen molar-refractivity contribution in [2.75, 3.05) is 26.7 Å². The summed E-state index contributed by atoms with van der Waals surface area (Å²) in [4.78, 5) is 26.5. The SMILES string of the molecule is CNCC1CCN(C(=O)C(NC(=O)CC(C)C)C(C)C)C1.Cl. The van der Waals surface area contributed by atoms with Gasteiger partial charge in [-0.25, -0.2) is 0 Å². The minimum absolute atomic E-state index is 0. The van der Waals surface area contributed by atoms with Gasteiger partial charge < -0.3 is 15.5 Å². The van der Waals surface area contributed by atoms with Gasteiger partial charge in [0.05, 0.1) is 0 Å². The zero-order valence-corrected chi connectivity index (χ0v) is 15.3. The van der Waals surface area contributed by atoms with Crippen molar-refractivity contribution in [3.63, 3.8) is 0 Å². The molecule has 1 fully saturated rings. The summed E-state index contributed by atoms with van der Waals surface area (Å²) >= 11 is 0. The normalized spacial score (nSPS) is 19.2. The number of halogens is 1. The van der Waals surface area contributed by atoms with Gasteiger partial charge in [-0.15, -0.1) is 12.4 Å². The summed E-state index contributed by atoms with van der Waals surface area (Å²) in [6, 6.07) is -0.399. The van der Waals surface area contributed by atoms with Crippen LogP contribution < -0.4 is 10.6 Å². The van der Waals surface area contributed by atoms with Crippen molar-refractivity contribution in [3.8, 4) is 0 Å². The van der Waals surface area contributed by atoms with Crippen LogP contribution >= 0.6 is 12.4 Å². The number of hydrogen-bond donors (Lipinski definition) is 2. The predicted octanol–water partition coefficient (Wildman–Crippen LogP) is 1.66. The molecule has 2 amide bonds. The number of carbonyl (C=O) groups excluding carboxylic acids is 2. The van der Waals surface area contributed by atoms with Crippen molar-refractivity contribution in [3.05, 3.63) is 0 Å². The summed E-state index contributed by atoms with van der Waals surface area (Å²) in [5.74, 6) is 0.985. The molecule has 0 spiro atoms.